The first kappa shape index (κ1) is 11.2. The minimum Gasteiger partial charge on any atom is -0.454 e. The second-order valence-corrected chi connectivity index (χ2v) is 4.45. The molecule has 1 aromatic rings. The van der Waals surface area contributed by atoms with Crippen LogP contribution in [0.1, 0.15) is 18.6 Å². The van der Waals surface area contributed by atoms with Crippen LogP contribution in [0.2, 0.25) is 0 Å². The second kappa shape index (κ2) is 4.32. The number of benzene rings is 1. The smallest absolute Gasteiger partial charge is 0.231 e. The molecule has 0 aromatic heterocycles. The van der Waals surface area contributed by atoms with Crippen LogP contribution < -0.4 is 9.47 Å². The first-order valence-corrected chi connectivity index (χ1v) is 5.59. The molecule has 16 heavy (non-hydrogen) atoms. The lowest BCUT2D eigenvalue weighted by atomic mass is 9.98. The van der Waals surface area contributed by atoms with Crippen LogP contribution in [0.15, 0.2) is 16.6 Å². The van der Waals surface area contributed by atoms with E-state index in [2.05, 4.69) is 15.9 Å². The Balaban J connectivity index is 2.37. The summed E-state index contributed by atoms with van der Waals surface area (Å²) in [5.41, 5.74) is 0.644. The van der Waals surface area contributed by atoms with Crippen molar-refractivity contribution in [2.45, 2.75) is 13.0 Å². The van der Waals surface area contributed by atoms with Gasteiger partial charge in [-0.15, -0.1) is 0 Å². The predicted octanol–water partition coefficient (Wildman–Crippen LogP) is 2.37. The first-order chi connectivity index (χ1) is 7.63. The van der Waals surface area contributed by atoms with Gasteiger partial charge in [-0.1, -0.05) is 0 Å². The average Bonchev–Trinajstić information content (AvgIpc) is 2.75. The molecule has 0 saturated heterocycles. The van der Waals surface area contributed by atoms with Crippen molar-refractivity contribution >= 4 is 15.9 Å². The number of hydrogen-bond acceptors (Lipinski definition) is 4. The molecule has 4 nitrogen and oxygen atoms in total. The molecule has 0 bridgehead atoms. The van der Waals surface area contributed by atoms with Crippen LogP contribution in [0, 0.1) is 17.2 Å². The van der Waals surface area contributed by atoms with E-state index in [1.807, 2.05) is 6.07 Å². The average molecular weight is 284 g/mol. The molecule has 1 aliphatic rings. The van der Waals surface area contributed by atoms with Gasteiger partial charge in [-0.2, -0.15) is 5.26 Å². The number of aliphatic hydroxyl groups is 1. The fourth-order valence-corrected chi connectivity index (χ4v) is 2.09. The Morgan fingerprint density at radius 1 is 1.50 bits per heavy atom. The lowest BCUT2D eigenvalue weighted by Gasteiger charge is -2.14. The minimum absolute atomic E-state index is 0.182. The zero-order chi connectivity index (χ0) is 11.7. The molecule has 1 heterocycles. The van der Waals surface area contributed by atoms with E-state index in [9.17, 15) is 5.11 Å². The van der Waals surface area contributed by atoms with E-state index < -0.39 is 12.0 Å². The summed E-state index contributed by atoms with van der Waals surface area (Å²) in [5, 5.41) is 18.7. The summed E-state index contributed by atoms with van der Waals surface area (Å²) in [4.78, 5) is 0. The first-order valence-electron chi connectivity index (χ1n) is 4.80. The van der Waals surface area contributed by atoms with Crippen molar-refractivity contribution in [3.63, 3.8) is 0 Å². The molecular weight excluding hydrogens is 274 g/mol. The fraction of sp³-hybridized carbons (Fsp3) is 0.364. The van der Waals surface area contributed by atoms with Gasteiger partial charge < -0.3 is 14.6 Å². The second-order valence-electron chi connectivity index (χ2n) is 3.60. The summed E-state index contributed by atoms with van der Waals surface area (Å²) in [6.45, 7) is 1.85. The summed E-state index contributed by atoms with van der Waals surface area (Å²) in [6, 6.07) is 5.46. The van der Waals surface area contributed by atoms with Crippen molar-refractivity contribution in [2.75, 3.05) is 6.79 Å². The Morgan fingerprint density at radius 2 is 2.25 bits per heavy atom. The zero-order valence-electron chi connectivity index (χ0n) is 8.61. The van der Waals surface area contributed by atoms with Crippen LogP contribution in [-0.2, 0) is 0 Å². The molecule has 0 spiro atoms. The van der Waals surface area contributed by atoms with E-state index in [0.29, 0.717) is 17.1 Å². The van der Waals surface area contributed by atoms with Gasteiger partial charge in [0, 0.05) is 0 Å². The highest BCUT2D eigenvalue weighted by atomic mass is 79.9. The van der Waals surface area contributed by atoms with Crippen LogP contribution in [0.4, 0.5) is 0 Å². The zero-order valence-corrected chi connectivity index (χ0v) is 10.2. The summed E-state index contributed by atoms with van der Waals surface area (Å²) < 4.78 is 11.2. The third-order valence-corrected chi connectivity index (χ3v) is 3.06. The number of nitrogens with zero attached hydrogens (tertiary/aromatic N) is 1. The van der Waals surface area contributed by atoms with Gasteiger partial charge in [-0.05, 0) is 40.5 Å². The van der Waals surface area contributed by atoms with Crippen molar-refractivity contribution < 1.29 is 14.6 Å². The number of halogens is 1. The third kappa shape index (κ3) is 1.86. The topological polar surface area (TPSA) is 62.5 Å². The summed E-state index contributed by atoms with van der Waals surface area (Å²) in [5.74, 6) is 0.765. The van der Waals surface area contributed by atoms with Gasteiger partial charge in [-0.25, -0.2) is 0 Å². The number of ether oxygens (including phenoxy) is 2. The molecule has 5 heteroatoms. The van der Waals surface area contributed by atoms with Crippen molar-refractivity contribution in [1.82, 2.24) is 0 Å². The van der Waals surface area contributed by atoms with Crippen molar-refractivity contribution in [3.05, 3.63) is 22.2 Å². The maximum absolute atomic E-state index is 9.91. The highest BCUT2D eigenvalue weighted by Gasteiger charge is 2.23. The molecule has 2 unspecified atom stereocenters. The number of nitriles is 1. The number of hydrogen-bond donors (Lipinski definition) is 1. The Morgan fingerprint density at radius 3 is 2.94 bits per heavy atom. The molecule has 0 amide bonds. The Labute approximate surface area is 102 Å². The minimum atomic E-state index is -0.823. The Kier molecular flexibility index (Phi) is 3.03. The molecule has 0 saturated carbocycles. The highest BCUT2D eigenvalue weighted by molar-refractivity contribution is 9.10. The van der Waals surface area contributed by atoms with E-state index >= 15 is 0 Å². The Hall–Kier alpha value is -1.25. The summed E-state index contributed by atoms with van der Waals surface area (Å²) in [6.07, 6.45) is -0.823. The van der Waals surface area contributed by atoms with E-state index in [4.69, 9.17) is 14.7 Å². The van der Waals surface area contributed by atoms with Gasteiger partial charge >= 0.3 is 0 Å². The quantitative estimate of drug-likeness (QED) is 0.905. The standard InChI is InChI=1S/C11H10BrNO3/c1-6(4-13)10(14)7-2-8(12)11-9(3-7)15-5-16-11/h2-3,6,10,14H,5H2,1H3. The highest BCUT2D eigenvalue weighted by Crippen LogP contribution is 2.41. The monoisotopic (exact) mass is 283 g/mol. The van der Waals surface area contributed by atoms with E-state index in [1.165, 1.54) is 0 Å². The van der Waals surface area contributed by atoms with Crippen molar-refractivity contribution in [1.29, 1.82) is 5.26 Å². The maximum atomic E-state index is 9.91. The van der Waals surface area contributed by atoms with Gasteiger partial charge in [0.2, 0.25) is 6.79 Å². The largest absolute Gasteiger partial charge is 0.454 e. The molecule has 1 aromatic carbocycles. The van der Waals surface area contributed by atoms with E-state index in [-0.39, 0.29) is 6.79 Å². The van der Waals surface area contributed by atoms with Gasteiger partial charge in [0.1, 0.15) is 0 Å². The molecular formula is C11H10BrNO3. The molecule has 0 fully saturated rings. The van der Waals surface area contributed by atoms with Crippen LogP contribution >= 0.6 is 15.9 Å². The lowest BCUT2D eigenvalue weighted by molar-refractivity contribution is 0.142. The maximum Gasteiger partial charge on any atom is 0.231 e. The number of aliphatic hydroxyl groups excluding tert-OH is 1. The van der Waals surface area contributed by atoms with Crippen LogP contribution in [0.3, 0.4) is 0 Å². The number of rotatable bonds is 2. The molecule has 1 N–H and O–H groups in total. The normalized spacial score (nSPS) is 16.6. The lowest BCUT2D eigenvalue weighted by Crippen LogP contribution is -2.06. The van der Waals surface area contributed by atoms with Gasteiger partial charge in [0.25, 0.3) is 0 Å². The summed E-state index contributed by atoms with van der Waals surface area (Å²) in [7, 11) is 0. The molecule has 84 valence electrons. The van der Waals surface area contributed by atoms with Gasteiger partial charge in [0.05, 0.1) is 22.6 Å². The Bertz CT molecular complexity index is 455. The SMILES string of the molecule is CC(C#N)C(O)c1cc(Br)c2c(c1)OCO2. The fourth-order valence-electron chi connectivity index (χ4n) is 1.52. The number of fused-ring (bicyclic) bond motifs is 1. The van der Waals surface area contributed by atoms with Gasteiger partial charge in [-0.3, -0.25) is 0 Å². The van der Waals surface area contributed by atoms with Crippen LogP contribution in [0.25, 0.3) is 0 Å². The van der Waals surface area contributed by atoms with E-state index in [1.54, 1.807) is 19.1 Å². The van der Waals surface area contributed by atoms with Crippen molar-refractivity contribution in [2.24, 2.45) is 5.92 Å². The van der Waals surface area contributed by atoms with Crippen LogP contribution in [-0.4, -0.2) is 11.9 Å². The molecule has 1 aliphatic heterocycles. The van der Waals surface area contributed by atoms with Gasteiger partial charge in [0.15, 0.2) is 11.5 Å². The summed E-state index contributed by atoms with van der Waals surface area (Å²) >= 11 is 3.34. The molecule has 0 radical (unpaired) electrons. The van der Waals surface area contributed by atoms with E-state index in [0.717, 1.165) is 4.47 Å². The molecule has 2 rings (SSSR count). The van der Waals surface area contributed by atoms with Crippen LogP contribution in [0.5, 0.6) is 11.5 Å². The molecule has 2 atom stereocenters. The molecule has 0 aliphatic carbocycles. The third-order valence-electron chi connectivity index (χ3n) is 2.47. The predicted molar refractivity (Wildman–Crippen MR) is 60.0 cm³/mol. The van der Waals surface area contributed by atoms with Crippen molar-refractivity contribution in [3.8, 4) is 17.6 Å².